The van der Waals surface area contributed by atoms with Gasteiger partial charge in [-0.2, -0.15) is 0 Å². The van der Waals surface area contributed by atoms with Crippen molar-refractivity contribution in [3.8, 4) is 17.0 Å². The van der Waals surface area contributed by atoms with Gasteiger partial charge in [0.25, 0.3) is 0 Å². The molecule has 0 spiro atoms. The molecule has 4 nitrogen and oxygen atoms in total. The predicted octanol–water partition coefficient (Wildman–Crippen LogP) is 2.17. The first-order valence-electron chi connectivity index (χ1n) is 5.94. The van der Waals surface area contributed by atoms with E-state index in [1.807, 2.05) is 17.8 Å². The molecule has 1 heterocycles. The van der Waals surface area contributed by atoms with E-state index in [-0.39, 0.29) is 0 Å². The van der Waals surface area contributed by atoms with Gasteiger partial charge in [-0.25, -0.2) is 4.98 Å². The number of methoxy groups -OCH3 is 1. The molecule has 0 atom stereocenters. The molecule has 0 saturated heterocycles. The van der Waals surface area contributed by atoms with Crippen molar-refractivity contribution in [2.75, 3.05) is 7.11 Å². The summed E-state index contributed by atoms with van der Waals surface area (Å²) in [5.41, 5.74) is 10.1. The Morgan fingerprint density at radius 3 is 2.33 bits per heavy atom. The minimum Gasteiger partial charge on any atom is -0.496 e. The number of nitrogens with zero attached hydrogens (tertiary/aromatic N) is 2. The van der Waals surface area contributed by atoms with Crippen molar-refractivity contribution < 1.29 is 4.74 Å². The lowest BCUT2D eigenvalue weighted by Crippen LogP contribution is -2.05. The average molecular weight is 245 g/mol. The summed E-state index contributed by atoms with van der Waals surface area (Å²) in [6.07, 6.45) is 1.86. The molecule has 0 fully saturated rings. The maximum atomic E-state index is 5.64. The Kier molecular flexibility index (Phi) is 3.39. The quantitative estimate of drug-likeness (QED) is 0.901. The highest BCUT2D eigenvalue weighted by atomic mass is 16.5. The minimum atomic E-state index is 0.449. The summed E-state index contributed by atoms with van der Waals surface area (Å²) in [6, 6.07) is 4.23. The van der Waals surface area contributed by atoms with Crippen molar-refractivity contribution in [3.05, 3.63) is 35.3 Å². The molecule has 0 aliphatic carbocycles. The van der Waals surface area contributed by atoms with Crippen molar-refractivity contribution >= 4 is 0 Å². The van der Waals surface area contributed by atoms with Crippen LogP contribution < -0.4 is 10.5 Å². The summed E-state index contributed by atoms with van der Waals surface area (Å²) in [5.74, 6) is 1.83. The summed E-state index contributed by atoms with van der Waals surface area (Å²) in [6.45, 7) is 4.55. The van der Waals surface area contributed by atoms with Crippen molar-refractivity contribution in [1.29, 1.82) is 0 Å². The number of benzene rings is 1. The molecule has 0 bridgehead atoms. The normalized spacial score (nSPS) is 10.7. The second-order valence-corrected chi connectivity index (χ2v) is 4.47. The summed E-state index contributed by atoms with van der Waals surface area (Å²) in [4.78, 5) is 4.32. The van der Waals surface area contributed by atoms with Gasteiger partial charge in [-0.1, -0.05) is 0 Å². The summed E-state index contributed by atoms with van der Waals surface area (Å²) in [7, 11) is 3.69. The van der Waals surface area contributed by atoms with E-state index in [0.29, 0.717) is 6.54 Å². The molecule has 2 rings (SSSR count). The lowest BCUT2D eigenvalue weighted by molar-refractivity contribution is 0.408. The lowest BCUT2D eigenvalue weighted by Gasteiger charge is -2.12. The zero-order valence-corrected chi connectivity index (χ0v) is 11.3. The molecule has 2 aromatic rings. The molecule has 1 aromatic heterocycles. The minimum absolute atomic E-state index is 0.449. The Labute approximate surface area is 107 Å². The Morgan fingerprint density at radius 1 is 1.28 bits per heavy atom. The Balaban J connectivity index is 2.54. The third kappa shape index (κ3) is 1.99. The second-order valence-electron chi connectivity index (χ2n) is 4.47. The molecule has 18 heavy (non-hydrogen) atoms. The second kappa shape index (κ2) is 4.82. The van der Waals surface area contributed by atoms with Gasteiger partial charge in [0.2, 0.25) is 0 Å². The molecule has 0 radical (unpaired) electrons. The van der Waals surface area contributed by atoms with Crippen LogP contribution >= 0.6 is 0 Å². The van der Waals surface area contributed by atoms with Gasteiger partial charge in [0.05, 0.1) is 25.5 Å². The van der Waals surface area contributed by atoms with E-state index in [9.17, 15) is 0 Å². The van der Waals surface area contributed by atoms with Crippen LogP contribution in [0.25, 0.3) is 11.3 Å². The van der Waals surface area contributed by atoms with Crippen molar-refractivity contribution in [3.63, 3.8) is 0 Å². The van der Waals surface area contributed by atoms with Gasteiger partial charge in [0.1, 0.15) is 11.6 Å². The molecule has 0 saturated carbocycles. The monoisotopic (exact) mass is 245 g/mol. The Hall–Kier alpha value is -1.81. The number of nitrogens with two attached hydrogens (primary N) is 1. The number of hydrogen-bond donors (Lipinski definition) is 1. The molecule has 1 aromatic carbocycles. The number of aryl methyl sites for hydroxylation is 2. The van der Waals surface area contributed by atoms with E-state index in [4.69, 9.17) is 10.5 Å². The first kappa shape index (κ1) is 12.6. The molecule has 4 heteroatoms. The fraction of sp³-hybridized carbons (Fsp3) is 0.357. The van der Waals surface area contributed by atoms with Gasteiger partial charge in [-0.15, -0.1) is 0 Å². The predicted molar refractivity (Wildman–Crippen MR) is 72.6 cm³/mol. The van der Waals surface area contributed by atoms with Crippen LogP contribution in [-0.4, -0.2) is 16.7 Å². The Morgan fingerprint density at radius 2 is 1.89 bits per heavy atom. The van der Waals surface area contributed by atoms with E-state index in [0.717, 1.165) is 34.0 Å². The van der Waals surface area contributed by atoms with Crippen LogP contribution in [0.3, 0.4) is 0 Å². The van der Waals surface area contributed by atoms with Crippen LogP contribution in [0.4, 0.5) is 0 Å². The van der Waals surface area contributed by atoms with E-state index in [1.54, 1.807) is 7.11 Å². The maximum Gasteiger partial charge on any atom is 0.124 e. The fourth-order valence-corrected chi connectivity index (χ4v) is 2.33. The molecular weight excluding hydrogens is 226 g/mol. The highest BCUT2D eigenvalue weighted by Crippen LogP contribution is 2.29. The first-order valence-corrected chi connectivity index (χ1v) is 5.94. The van der Waals surface area contributed by atoms with Crippen molar-refractivity contribution in [2.24, 2.45) is 12.8 Å². The van der Waals surface area contributed by atoms with Gasteiger partial charge in [0.15, 0.2) is 0 Å². The van der Waals surface area contributed by atoms with Crippen molar-refractivity contribution in [1.82, 2.24) is 9.55 Å². The average Bonchev–Trinajstić information content (AvgIpc) is 2.70. The van der Waals surface area contributed by atoms with E-state index in [2.05, 4.69) is 31.0 Å². The highest BCUT2D eigenvalue weighted by molar-refractivity contribution is 5.64. The van der Waals surface area contributed by atoms with Gasteiger partial charge in [0, 0.05) is 12.6 Å². The molecule has 0 amide bonds. The van der Waals surface area contributed by atoms with Crippen LogP contribution in [0, 0.1) is 13.8 Å². The van der Waals surface area contributed by atoms with Crippen LogP contribution in [-0.2, 0) is 13.6 Å². The molecule has 0 unspecified atom stereocenters. The number of imidazole rings is 1. The number of aromatic nitrogens is 2. The smallest absolute Gasteiger partial charge is 0.124 e. The van der Waals surface area contributed by atoms with E-state index in [1.165, 1.54) is 0 Å². The van der Waals surface area contributed by atoms with Gasteiger partial charge in [-0.05, 0) is 37.1 Å². The van der Waals surface area contributed by atoms with Gasteiger partial charge in [-0.3, -0.25) is 0 Å². The molecular formula is C14H19N3O. The third-order valence-electron chi connectivity index (χ3n) is 3.23. The van der Waals surface area contributed by atoms with E-state index >= 15 is 0 Å². The Bertz CT molecular complexity index is 549. The first-order chi connectivity index (χ1) is 8.58. The van der Waals surface area contributed by atoms with Crippen LogP contribution in [0.2, 0.25) is 0 Å². The molecule has 96 valence electrons. The zero-order valence-electron chi connectivity index (χ0n) is 11.3. The van der Waals surface area contributed by atoms with Gasteiger partial charge < -0.3 is 15.0 Å². The summed E-state index contributed by atoms with van der Waals surface area (Å²) >= 11 is 0. The van der Waals surface area contributed by atoms with Crippen LogP contribution in [0.5, 0.6) is 5.75 Å². The topological polar surface area (TPSA) is 53.1 Å². The lowest BCUT2D eigenvalue weighted by atomic mass is 10.0. The molecule has 2 N–H and O–H groups in total. The number of ether oxygens (including phenoxy) is 1. The summed E-state index contributed by atoms with van der Waals surface area (Å²) in [5, 5.41) is 0. The van der Waals surface area contributed by atoms with E-state index < -0.39 is 0 Å². The fourth-order valence-electron chi connectivity index (χ4n) is 2.33. The number of hydrogen-bond acceptors (Lipinski definition) is 3. The van der Waals surface area contributed by atoms with Crippen molar-refractivity contribution in [2.45, 2.75) is 20.4 Å². The van der Waals surface area contributed by atoms with Crippen LogP contribution in [0.1, 0.15) is 17.0 Å². The number of rotatable bonds is 3. The highest BCUT2D eigenvalue weighted by Gasteiger charge is 2.11. The third-order valence-corrected chi connectivity index (χ3v) is 3.23. The maximum absolute atomic E-state index is 5.64. The van der Waals surface area contributed by atoms with Gasteiger partial charge >= 0.3 is 0 Å². The standard InChI is InChI=1S/C14H19N3O/c1-9-5-11(6-10(2)14(9)18-4)12-8-16-13(7-15)17(12)3/h5-6,8H,7,15H2,1-4H3. The summed E-state index contributed by atoms with van der Waals surface area (Å²) < 4.78 is 7.41. The molecule has 0 aliphatic heterocycles. The molecule has 0 aliphatic rings. The van der Waals surface area contributed by atoms with Crippen LogP contribution in [0.15, 0.2) is 18.3 Å². The SMILES string of the molecule is COc1c(C)cc(-c2cnc(CN)n2C)cc1C. The largest absolute Gasteiger partial charge is 0.496 e. The zero-order chi connectivity index (χ0) is 13.3.